The number of amides is 1. The highest BCUT2D eigenvalue weighted by atomic mass is 35.5. The Hall–Kier alpha value is -0.0700. The van der Waals surface area contributed by atoms with Gasteiger partial charge in [0.1, 0.15) is 0 Å². The average Bonchev–Trinajstić information content (AvgIpc) is 2.30. The van der Waals surface area contributed by atoms with Gasteiger partial charge in [0, 0.05) is 25.7 Å². The van der Waals surface area contributed by atoms with Gasteiger partial charge in [-0.3, -0.25) is 9.69 Å². The average molecular weight is 302 g/mol. The second kappa shape index (κ2) is 10.8. The summed E-state index contributed by atoms with van der Waals surface area (Å²) < 4.78 is 5.33. The minimum atomic E-state index is -0.0843. The number of ether oxygens (including phenoxy) is 1. The van der Waals surface area contributed by atoms with Crippen LogP contribution in [-0.4, -0.2) is 56.2 Å². The van der Waals surface area contributed by atoms with Crippen LogP contribution >= 0.6 is 24.8 Å². The number of halogens is 2. The zero-order valence-electron chi connectivity index (χ0n) is 11.1. The Bertz CT molecular complexity index is 224. The summed E-state index contributed by atoms with van der Waals surface area (Å²) in [5.41, 5.74) is 5.27. The van der Waals surface area contributed by atoms with Gasteiger partial charge in [0.05, 0.1) is 19.8 Å². The number of carbonyl (C=O) groups is 1. The smallest absolute Gasteiger partial charge is 0.233 e. The molecule has 0 spiro atoms. The summed E-state index contributed by atoms with van der Waals surface area (Å²) in [6, 6.07) is 0.374. The monoisotopic (exact) mass is 301 g/mol. The van der Waals surface area contributed by atoms with Gasteiger partial charge < -0.3 is 15.8 Å². The molecule has 0 bridgehead atoms. The highest BCUT2D eigenvalue weighted by Gasteiger charge is 2.23. The van der Waals surface area contributed by atoms with Crippen LogP contribution in [-0.2, 0) is 9.53 Å². The van der Waals surface area contributed by atoms with E-state index in [1.165, 1.54) is 0 Å². The maximum atomic E-state index is 11.1. The molecule has 1 heterocycles. The van der Waals surface area contributed by atoms with Crippen LogP contribution in [0.15, 0.2) is 0 Å². The number of morpholine rings is 1. The minimum Gasteiger partial charge on any atom is -0.379 e. The third kappa shape index (κ3) is 6.75. The zero-order chi connectivity index (χ0) is 12.0. The van der Waals surface area contributed by atoms with E-state index in [9.17, 15) is 4.79 Å². The van der Waals surface area contributed by atoms with Crippen LogP contribution in [0.4, 0.5) is 0 Å². The van der Waals surface area contributed by atoms with Gasteiger partial charge in [-0.05, 0) is 5.92 Å². The van der Waals surface area contributed by atoms with Crippen LogP contribution in [0.25, 0.3) is 0 Å². The molecule has 18 heavy (non-hydrogen) atoms. The maximum absolute atomic E-state index is 11.1. The lowest BCUT2D eigenvalue weighted by Gasteiger charge is -2.36. The Morgan fingerprint density at radius 2 is 1.89 bits per heavy atom. The second-order valence-corrected chi connectivity index (χ2v) is 4.47. The van der Waals surface area contributed by atoms with Crippen molar-refractivity contribution in [2.24, 2.45) is 11.7 Å². The number of nitrogens with one attached hydrogen (secondary N) is 1. The normalized spacial score (nSPS) is 17.6. The van der Waals surface area contributed by atoms with E-state index in [0.717, 1.165) is 26.3 Å². The summed E-state index contributed by atoms with van der Waals surface area (Å²) >= 11 is 0. The fourth-order valence-electron chi connectivity index (χ4n) is 1.99. The first-order chi connectivity index (χ1) is 7.65. The molecule has 1 fully saturated rings. The van der Waals surface area contributed by atoms with E-state index < -0.39 is 0 Å². The van der Waals surface area contributed by atoms with Crippen LogP contribution < -0.4 is 11.1 Å². The topological polar surface area (TPSA) is 67.6 Å². The van der Waals surface area contributed by atoms with Gasteiger partial charge in [0.25, 0.3) is 0 Å². The Morgan fingerprint density at radius 3 is 2.33 bits per heavy atom. The lowest BCUT2D eigenvalue weighted by Crippen LogP contribution is -2.51. The summed E-state index contributed by atoms with van der Waals surface area (Å²) in [5.74, 6) is 0.426. The third-order valence-corrected chi connectivity index (χ3v) is 2.98. The number of nitrogens with zero attached hydrogens (tertiary/aromatic N) is 1. The quantitative estimate of drug-likeness (QED) is 0.764. The minimum absolute atomic E-state index is 0. The Kier molecular flexibility index (Phi) is 12.2. The molecule has 0 radical (unpaired) electrons. The highest BCUT2D eigenvalue weighted by Crippen LogP contribution is 2.11. The number of hydrogen-bond donors (Lipinski definition) is 2. The van der Waals surface area contributed by atoms with Crippen molar-refractivity contribution in [1.82, 2.24) is 10.2 Å². The SMILES string of the molecule is CC(C)C(CNC(=O)CN)N1CCOCC1.Cl.Cl. The van der Waals surface area contributed by atoms with Crippen molar-refractivity contribution in [3.05, 3.63) is 0 Å². The molecule has 5 nitrogen and oxygen atoms in total. The fourth-order valence-corrected chi connectivity index (χ4v) is 1.99. The first kappa shape index (κ1) is 20.3. The van der Waals surface area contributed by atoms with Crippen LogP contribution in [0, 0.1) is 5.92 Å². The van der Waals surface area contributed by atoms with E-state index in [1.807, 2.05) is 0 Å². The molecule has 1 atom stereocenters. The van der Waals surface area contributed by atoms with Crippen LogP contribution in [0.3, 0.4) is 0 Å². The summed E-state index contributed by atoms with van der Waals surface area (Å²) in [6.07, 6.45) is 0. The number of nitrogens with two attached hydrogens (primary N) is 1. The van der Waals surface area contributed by atoms with Crippen LogP contribution in [0.5, 0.6) is 0 Å². The maximum Gasteiger partial charge on any atom is 0.233 e. The van der Waals surface area contributed by atoms with Gasteiger partial charge in [-0.15, -0.1) is 24.8 Å². The highest BCUT2D eigenvalue weighted by molar-refractivity contribution is 5.85. The molecule has 1 aliphatic rings. The van der Waals surface area contributed by atoms with Crippen LogP contribution in [0.2, 0.25) is 0 Å². The molecule has 0 aliphatic carbocycles. The Morgan fingerprint density at radius 1 is 1.33 bits per heavy atom. The standard InChI is InChI=1S/C11H23N3O2.2ClH/c1-9(2)10(8-13-11(15)7-12)14-3-5-16-6-4-14;;/h9-10H,3-8,12H2,1-2H3,(H,13,15);2*1H. The molecular weight excluding hydrogens is 277 g/mol. The van der Waals surface area contributed by atoms with Crippen LogP contribution in [0.1, 0.15) is 13.8 Å². The molecule has 3 N–H and O–H groups in total. The molecule has 1 saturated heterocycles. The predicted molar refractivity (Wildman–Crippen MR) is 77.6 cm³/mol. The van der Waals surface area contributed by atoms with Crippen molar-refractivity contribution in [2.45, 2.75) is 19.9 Å². The summed E-state index contributed by atoms with van der Waals surface area (Å²) in [7, 11) is 0. The predicted octanol–water partition coefficient (Wildman–Crippen LogP) is 0.262. The molecule has 7 heteroatoms. The largest absolute Gasteiger partial charge is 0.379 e. The van der Waals surface area contributed by atoms with Gasteiger partial charge in [-0.25, -0.2) is 0 Å². The van der Waals surface area contributed by atoms with Crippen molar-refractivity contribution in [3.8, 4) is 0 Å². The van der Waals surface area contributed by atoms with E-state index in [2.05, 4.69) is 24.1 Å². The molecule has 1 rings (SSSR count). The zero-order valence-corrected chi connectivity index (χ0v) is 12.7. The van der Waals surface area contributed by atoms with Gasteiger partial charge in [-0.1, -0.05) is 13.8 Å². The van der Waals surface area contributed by atoms with Crippen molar-refractivity contribution in [2.75, 3.05) is 39.4 Å². The second-order valence-electron chi connectivity index (χ2n) is 4.47. The van der Waals surface area contributed by atoms with E-state index in [-0.39, 0.29) is 37.3 Å². The fraction of sp³-hybridized carbons (Fsp3) is 0.909. The molecule has 0 saturated carbocycles. The number of carbonyl (C=O) groups excluding carboxylic acids is 1. The molecule has 0 aromatic carbocycles. The molecule has 1 amide bonds. The Balaban J connectivity index is 0. The lowest BCUT2D eigenvalue weighted by atomic mass is 10.0. The lowest BCUT2D eigenvalue weighted by molar-refractivity contribution is -0.120. The third-order valence-electron chi connectivity index (χ3n) is 2.98. The van der Waals surface area contributed by atoms with E-state index in [0.29, 0.717) is 18.5 Å². The van der Waals surface area contributed by atoms with Gasteiger partial charge in [0.15, 0.2) is 0 Å². The molecule has 0 aromatic heterocycles. The first-order valence-electron chi connectivity index (χ1n) is 5.93. The van der Waals surface area contributed by atoms with E-state index >= 15 is 0 Å². The molecule has 1 unspecified atom stereocenters. The van der Waals surface area contributed by atoms with E-state index in [1.54, 1.807) is 0 Å². The Labute approximate surface area is 122 Å². The van der Waals surface area contributed by atoms with Gasteiger partial charge in [0.2, 0.25) is 5.91 Å². The molecule has 0 aromatic rings. The molecule has 1 aliphatic heterocycles. The summed E-state index contributed by atoms with van der Waals surface area (Å²) in [6.45, 7) is 8.55. The summed E-state index contributed by atoms with van der Waals surface area (Å²) in [4.78, 5) is 13.5. The van der Waals surface area contributed by atoms with Crippen molar-refractivity contribution < 1.29 is 9.53 Å². The van der Waals surface area contributed by atoms with E-state index in [4.69, 9.17) is 10.5 Å². The number of rotatable bonds is 5. The summed E-state index contributed by atoms with van der Waals surface area (Å²) in [5, 5.41) is 2.86. The first-order valence-corrected chi connectivity index (χ1v) is 5.93. The van der Waals surface area contributed by atoms with Crippen molar-refractivity contribution in [1.29, 1.82) is 0 Å². The van der Waals surface area contributed by atoms with Gasteiger partial charge >= 0.3 is 0 Å². The van der Waals surface area contributed by atoms with Gasteiger partial charge in [-0.2, -0.15) is 0 Å². The number of hydrogen-bond acceptors (Lipinski definition) is 4. The van der Waals surface area contributed by atoms with Crippen molar-refractivity contribution in [3.63, 3.8) is 0 Å². The van der Waals surface area contributed by atoms with Crippen molar-refractivity contribution >= 4 is 30.7 Å². The molecular formula is C11H25Cl2N3O2. The molecule has 110 valence electrons.